The molecule has 0 aromatic rings. The molecule has 0 unspecified atom stereocenters. The molecule has 3 nitrogen and oxygen atoms in total. The van der Waals surface area contributed by atoms with E-state index < -0.39 is 0 Å². The van der Waals surface area contributed by atoms with Crippen molar-refractivity contribution >= 4 is 5.91 Å². The Labute approximate surface area is 79.6 Å². The van der Waals surface area contributed by atoms with Crippen molar-refractivity contribution in [3.8, 4) is 0 Å². The lowest BCUT2D eigenvalue weighted by molar-refractivity contribution is -0.128. The molecule has 0 saturated carbocycles. The highest BCUT2D eigenvalue weighted by atomic mass is 16.2. The summed E-state index contributed by atoms with van der Waals surface area (Å²) >= 11 is 0. The molecule has 74 valence electrons. The van der Waals surface area contributed by atoms with Crippen molar-refractivity contribution in [2.45, 2.75) is 13.3 Å². The fraction of sp³-hybridized carbons (Fsp3) is 0.700. The number of nitrogens with two attached hydrogens (primary N) is 1. The van der Waals surface area contributed by atoms with Gasteiger partial charge in [-0.05, 0) is 24.8 Å². The maximum absolute atomic E-state index is 11.1. The topological polar surface area (TPSA) is 46.3 Å². The van der Waals surface area contributed by atoms with E-state index >= 15 is 0 Å². The second kappa shape index (κ2) is 4.42. The van der Waals surface area contributed by atoms with Crippen LogP contribution >= 0.6 is 0 Å². The molecular formula is C10H18N2O. The molecule has 3 heteroatoms. The van der Waals surface area contributed by atoms with Gasteiger partial charge in [0, 0.05) is 20.0 Å². The molecular weight excluding hydrogens is 164 g/mol. The second-order valence-corrected chi connectivity index (χ2v) is 3.70. The number of nitrogens with zero attached hydrogens (tertiary/aromatic N) is 1. The summed E-state index contributed by atoms with van der Waals surface area (Å²) in [6.45, 7) is 7.68. The van der Waals surface area contributed by atoms with Crippen LogP contribution in [-0.2, 0) is 4.79 Å². The van der Waals surface area contributed by atoms with Gasteiger partial charge in [-0.15, -0.1) is 6.58 Å². The van der Waals surface area contributed by atoms with Crippen LogP contribution in [0.5, 0.6) is 0 Å². The minimum absolute atomic E-state index is 0.157. The van der Waals surface area contributed by atoms with Gasteiger partial charge < -0.3 is 10.6 Å². The molecule has 0 bridgehead atoms. The standard InChI is InChI=1S/C10H18N2O/c1-3-4-9-6-12(8(2)13)7-10(9)5-11/h3,9-10H,1,4-7,11H2,2H3/t9-,10-/m1/s1. The number of carbonyl (C=O) groups excluding carboxylic acids is 1. The van der Waals surface area contributed by atoms with Gasteiger partial charge in [-0.25, -0.2) is 0 Å². The summed E-state index contributed by atoms with van der Waals surface area (Å²) in [5.41, 5.74) is 5.64. The van der Waals surface area contributed by atoms with Gasteiger partial charge in [-0.3, -0.25) is 4.79 Å². The van der Waals surface area contributed by atoms with E-state index in [4.69, 9.17) is 5.73 Å². The molecule has 1 amide bonds. The molecule has 2 atom stereocenters. The highest BCUT2D eigenvalue weighted by Crippen LogP contribution is 2.25. The van der Waals surface area contributed by atoms with E-state index in [2.05, 4.69) is 6.58 Å². The Hall–Kier alpha value is -0.830. The third kappa shape index (κ3) is 2.31. The van der Waals surface area contributed by atoms with Gasteiger partial charge in [-0.2, -0.15) is 0 Å². The Morgan fingerprint density at radius 1 is 1.62 bits per heavy atom. The SMILES string of the molecule is C=CC[C@@H]1CN(C(C)=O)C[C@H]1CN. The average Bonchev–Trinajstić information content (AvgIpc) is 2.48. The summed E-state index contributed by atoms with van der Waals surface area (Å²) in [6.07, 6.45) is 2.88. The number of likely N-dealkylation sites (tertiary alicyclic amines) is 1. The first kappa shape index (κ1) is 10.3. The van der Waals surface area contributed by atoms with E-state index in [0.29, 0.717) is 18.4 Å². The number of hydrogen-bond donors (Lipinski definition) is 1. The molecule has 0 aromatic carbocycles. The monoisotopic (exact) mass is 182 g/mol. The lowest BCUT2D eigenvalue weighted by atomic mass is 9.93. The number of carbonyl (C=O) groups is 1. The summed E-state index contributed by atoms with van der Waals surface area (Å²) in [6, 6.07) is 0. The lowest BCUT2D eigenvalue weighted by Crippen LogP contribution is -2.27. The normalized spacial score (nSPS) is 27.7. The van der Waals surface area contributed by atoms with Crippen molar-refractivity contribution < 1.29 is 4.79 Å². The van der Waals surface area contributed by atoms with Crippen LogP contribution in [0, 0.1) is 11.8 Å². The first-order chi connectivity index (χ1) is 6.19. The van der Waals surface area contributed by atoms with Crippen LogP contribution in [0.1, 0.15) is 13.3 Å². The van der Waals surface area contributed by atoms with Crippen LogP contribution in [0.2, 0.25) is 0 Å². The van der Waals surface area contributed by atoms with Crippen LogP contribution in [0.25, 0.3) is 0 Å². The molecule has 0 aromatic heterocycles. The Morgan fingerprint density at radius 3 is 2.69 bits per heavy atom. The molecule has 1 fully saturated rings. The summed E-state index contributed by atoms with van der Waals surface area (Å²) < 4.78 is 0. The van der Waals surface area contributed by atoms with Crippen LogP contribution in [0.15, 0.2) is 12.7 Å². The predicted molar refractivity (Wildman–Crippen MR) is 53.1 cm³/mol. The Kier molecular flexibility index (Phi) is 3.48. The number of amides is 1. The number of rotatable bonds is 3. The van der Waals surface area contributed by atoms with Crippen molar-refractivity contribution in [1.29, 1.82) is 0 Å². The van der Waals surface area contributed by atoms with Crippen molar-refractivity contribution in [2.24, 2.45) is 17.6 Å². The minimum atomic E-state index is 0.157. The highest BCUT2D eigenvalue weighted by Gasteiger charge is 2.31. The summed E-state index contributed by atoms with van der Waals surface area (Å²) in [4.78, 5) is 13.0. The molecule has 1 rings (SSSR count). The third-order valence-electron chi connectivity index (χ3n) is 2.79. The zero-order chi connectivity index (χ0) is 9.84. The highest BCUT2D eigenvalue weighted by molar-refractivity contribution is 5.73. The first-order valence-electron chi connectivity index (χ1n) is 4.75. The zero-order valence-corrected chi connectivity index (χ0v) is 8.20. The Balaban J connectivity index is 2.55. The van der Waals surface area contributed by atoms with E-state index in [1.54, 1.807) is 6.92 Å². The number of allylic oxidation sites excluding steroid dienone is 1. The molecule has 1 saturated heterocycles. The molecule has 2 N–H and O–H groups in total. The van der Waals surface area contributed by atoms with Gasteiger partial charge in [0.1, 0.15) is 0 Å². The first-order valence-corrected chi connectivity index (χ1v) is 4.75. The Morgan fingerprint density at radius 2 is 2.23 bits per heavy atom. The van der Waals surface area contributed by atoms with Crippen molar-refractivity contribution in [1.82, 2.24) is 4.90 Å². The maximum Gasteiger partial charge on any atom is 0.219 e. The fourth-order valence-corrected chi connectivity index (χ4v) is 1.94. The zero-order valence-electron chi connectivity index (χ0n) is 8.20. The molecule has 1 heterocycles. The summed E-state index contributed by atoms with van der Waals surface area (Å²) in [5, 5.41) is 0. The summed E-state index contributed by atoms with van der Waals surface area (Å²) in [5.74, 6) is 1.14. The minimum Gasteiger partial charge on any atom is -0.342 e. The Bertz CT molecular complexity index is 203. The quantitative estimate of drug-likeness (QED) is 0.650. The van der Waals surface area contributed by atoms with Gasteiger partial charge in [-0.1, -0.05) is 6.08 Å². The maximum atomic E-state index is 11.1. The predicted octanol–water partition coefficient (Wildman–Crippen LogP) is 0.616. The molecule has 0 spiro atoms. The van der Waals surface area contributed by atoms with Crippen LogP contribution in [0.4, 0.5) is 0 Å². The van der Waals surface area contributed by atoms with Crippen molar-refractivity contribution in [3.63, 3.8) is 0 Å². The average molecular weight is 182 g/mol. The fourth-order valence-electron chi connectivity index (χ4n) is 1.94. The van der Waals surface area contributed by atoms with Gasteiger partial charge in [0.05, 0.1) is 0 Å². The summed E-state index contributed by atoms with van der Waals surface area (Å²) in [7, 11) is 0. The van der Waals surface area contributed by atoms with Crippen molar-refractivity contribution in [2.75, 3.05) is 19.6 Å². The molecule has 13 heavy (non-hydrogen) atoms. The van der Waals surface area contributed by atoms with Gasteiger partial charge in [0.2, 0.25) is 5.91 Å². The van der Waals surface area contributed by atoms with Crippen LogP contribution < -0.4 is 5.73 Å². The molecule has 1 aliphatic heterocycles. The van der Waals surface area contributed by atoms with Crippen LogP contribution in [0.3, 0.4) is 0 Å². The third-order valence-corrected chi connectivity index (χ3v) is 2.79. The molecule has 0 aliphatic carbocycles. The van der Waals surface area contributed by atoms with Gasteiger partial charge in [0.25, 0.3) is 0 Å². The van der Waals surface area contributed by atoms with E-state index in [9.17, 15) is 4.79 Å². The van der Waals surface area contributed by atoms with Crippen molar-refractivity contribution in [3.05, 3.63) is 12.7 Å². The van der Waals surface area contributed by atoms with Crippen LogP contribution in [-0.4, -0.2) is 30.4 Å². The van der Waals surface area contributed by atoms with Gasteiger partial charge >= 0.3 is 0 Å². The molecule has 0 radical (unpaired) electrons. The second-order valence-electron chi connectivity index (χ2n) is 3.70. The number of hydrogen-bond acceptors (Lipinski definition) is 2. The van der Waals surface area contributed by atoms with E-state index in [1.807, 2.05) is 11.0 Å². The van der Waals surface area contributed by atoms with E-state index in [0.717, 1.165) is 19.5 Å². The smallest absolute Gasteiger partial charge is 0.219 e. The van der Waals surface area contributed by atoms with E-state index in [-0.39, 0.29) is 5.91 Å². The van der Waals surface area contributed by atoms with E-state index in [1.165, 1.54) is 0 Å². The molecule has 1 aliphatic rings. The van der Waals surface area contributed by atoms with Gasteiger partial charge in [0.15, 0.2) is 0 Å². The largest absolute Gasteiger partial charge is 0.342 e. The lowest BCUT2D eigenvalue weighted by Gasteiger charge is -2.12.